The molecule has 32 heavy (non-hydrogen) atoms. The molecule has 8 nitrogen and oxygen atoms in total. The number of nitrogens with one attached hydrogen (secondary N) is 1. The molecule has 2 N–H and O–H groups in total. The molecule has 1 atom stereocenters. The predicted octanol–water partition coefficient (Wildman–Crippen LogP) is 3.88. The topological polar surface area (TPSA) is 118 Å². The predicted molar refractivity (Wildman–Crippen MR) is 118 cm³/mol. The van der Waals surface area contributed by atoms with Gasteiger partial charge >= 0.3 is 5.97 Å². The highest BCUT2D eigenvalue weighted by Crippen LogP contribution is 2.30. The van der Waals surface area contributed by atoms with Gasteiger partial charge in [-0.1, -0.05) is 28.6 Å². The van der Waals surface area contributed by atoms with Crippen LogP contribution in [0.25, 0.3) is 0 Å². The summed E-state index contributed by atoms with van der Waals surface area (Å²) in [6.07, 6.45) is 5.60. The number of nitrogens with zero attached hydrogens (tertiary/aromatic N) is 2. The molecule has 2 aromatic rings. The van der Waals surface area contributed by atoms with Gasteiger partial charge < -0.3 is 9.94 Å². The zero-order valence-corrected chi connectivity index (χ0v) is 18.7. The van der Waals surface area contributed by atoms with E-state index in [0.717, 1.165) is 38.5 Å². The zero-order valence-electron chi connectivity index (χ0n) is 17.1. The summed E-state index contributed by atoms with van der Waals surface area (Å²) in [5.74, 6) is -1.97. The van der Waals surface area contributed by atoms with Crippen LogP contribution in [0, 0.1) is 0 Å². The highest BCUT2D eigenvalue weighted by atomic mass is 32.2. The van der Waals surface area contributed by atoms with Gasteiger partial charge in [-0.25, -0.2) is 14.2 Å². The van der Waals surface area contributed by atoms with E-state index in [0.29, 0.717) is 21.8 Å². The van der Waals surface area contributed by atoms with Gasteiger partial charge in [-0.05, 0) is 50.7 Å². The standard InChI is InChI=1S/C21H22FN3O5S2/c22-11-16-18(20(27)28)31-21(23-16)24-19(26)17(25-30-13-3-1-2-4-13)12-5-7-14(8-6-12)32(29)15-9-10-15/h5-8,13,15H,1-4,9-11H2,(H,27,28)(H,23,24,26)/b25-17+. The number of rotatable bonds is 9. The van der Waals surface area contributed by atoms with Crippen molar-refractivity contribution in [3.05, 3.63) is 40.4 Å². The number of alkyl halides is 1. The Morgan fingerprint density at radius 2 is 1.91 bits per heavy atom. The second-order valence-corrected chi connectivity index (χ2v) is 10.4. The number of anilines is 1. The van der Waals surface area contributed by atoms with Gasteiger partial charge in [-0.15, -0.1) is 0 Å². The van der Waals surface area contributed by atoms with Crippen molar-refractivity contribution in [1.82, 2.24) is 4.98 Å². The Morgan fingerprint density at radius 1 is 1.22 bits per heavy atom. The average Bonchev–Trinajstić information content (AvgIpc) is 3.34. The van der Waals surface area contributed by atoms with E-state index in [4.69, 9.17) is 4.84 Å². The van der Waals surface area contributed by atoms with Gasteiger partial charge in [0.2, 0.25) is 0 Å². The van der Waals surface area contributed by atoms with Crippen LogP contribution >= 0.6 is 11.3 Å². The van der Waals surface area contributed by atoms with Gasteiger partial charge in [0.15, 0.2) is 10.8 Å². The van der Waals surface area contributed by atoms with Gasteiger partial charge in [-0.3, -0.25) is 14.3 Å². The fourth-order valence-corrected chi connectivity index (χ4v) is 5.54. The van der Waals surface area contributed by atoms with E-state index in [2.05, 4.69) is 15.5 Å². The van der Waals surface area contributed by atoms with Gasteiger partial charge in [0, 0.05) is 15.7 Å². The Kier molecular flexibility index (Phi) is 6.95. The van der Waals surface area contributed by atoms with Crippen molar-refractivity contribution in [2.24, 2.45) is 5.16 Å². The first-order valence-electron chi connectivity index (χ1n) is 10.3. The maximum atomic E-state index is 13.1. The number of carbonyl (C=O) groups is 2. The van der Waals surface area contributed by atoms with Gasteiger partial charge in [0.25, 0.3) is 5.91 Å². The third-order valence-corrected chi connectivity index (χ3v) is 8.05. The Balaban J connectivity index is 1.57. The molecule has 2 aliphatic rings. The van der Waals surface area contributed by atoms with Crippen LogP contribution in [0.5, 0.6) is 0 Å². The number of hydrogen-bond acceptors (Lipinski definition) is 7. The summed E-state index contributed by atoms with van der Waals surface area (Å²) in [5, 5.41) is 15.9. The summed E-state index contributed by atoms with van der Waals surface area (Å²) in [6.45, 7) is -1.06. The van der Waals surface area contributed by atoms with Crippen LogP contribution in [-0.4, -0.2) is 43.2 Å². The molecule has 1 heterocycles. The van der Waals surface area contributed by atoms with Gasteiger partial charge in [-0.2, -0.15) is 0 Å². The van der Waals surface area contributed by atoms with Crippen molar-refractivity contribution >= 4 is 44.9 Å². The molecule has 0 radical (unpaired) electrons. The van der Waals surface area contributed by atoms with Crippen LogP contribution in [0.15, 0.2) is 34.3 Å². The smallest absolute Gasteiger partial charge is 0.347 e. The average molecular weight is 480 g/mol. The Morgan fingerprint density at radius 3 is 2.47 bits per heavy atom. The molecule has 2 saturated carbocycles. The summed E-state index contributed by atoms with van der Waals surface area (Å²) in [6, 6.07) is 6.72. The minimum Gasteiger partial charge on any atom is -0.477 e. The molecule has 0 bridgehead atoms. The van der Waals surface area contributed by atoms with Crippen molar-refractivity contribution < 1.29 is 28.1 Å². The summed E-state index contributed by atoms with van der Waals surface area (Å²) < 4.78 is 25.4. The molecule has 2 fully saturated rings. The SMILES string of the molecule is O=C(Nc1nc(CF)c(C(=O)O)s1)/C(=N/OC1CCCC1)c1ccc(S(=O)C2CC2)cc1. The molecular formula is C21H22FN3O5S2. The molecule has 1 amide bonds. The number of carbonyl (C=O) groups excluding carboxylic acids is 1. The van der Waals surface area contributed by atoms with Crippen LogP contribution in [0.1, 0.15) is 59.5 Å². The lowest BCUT2D eigenvalue weighted by atomic mass is 10.1. The lowest BCUT2D eigenvalue weighted by molar-refractivity contribution is -0.110. The molecular weight excluding hydrogens is 457 g/mol. The molecule has 1 unspecified atom stereocenters. The summed E-state index contributed by atoms with van der Waals surface area (Å²) >= 11 is 0.674. The lowest BCUT2D eigenvalue weighted by Crippen LogP contribution is -2.25. The first-order chi connectivity index (χ1) is 15.5. The highest BCUT2D eigenvalue weighted by Gasteiger charge is 2.29. The van der Waals surface area contributed by atoms with Crippen LogP contribution in [0.3, 0.4) is 0 Å². The number of halogens is 1. The summed E-state index contributed by atoms with van der Waals surface area (Å²) in [7, 11) is -1.07. The van der Waals surface area contributed by atoms with E-state index < -0.39 is 29.4 Å². The number of benzene rings is 1. The lowest BCUT2D eigenvalue weighted by Gasteiger charge is -2.11. The third kappa shape index (κ3) is 5.21. The number of aromatic carboxylic acids is 1. The summed E-state index contributed by atoms with van der Waals surface area (Å²) in [4.78, 5) is 34.1. The number of oxime groups is 1. The fraction of sp³-hybridized carbons (Fsp3) is 0.429. The largest absolute Gasteiger partial charge is 0.477 e. The molecule has 1 aromatic carbocycles. The first kappa shape index (κ1) is 22.5. The van der Waals surface area contributed by atoms with Gasteiger partial charge in [0.05, 0.1) is 16.5 Å². The fourth-order valence-electron chi connectivity index (χ4n) is 3.39. The van der Waals surface area contributed by atoms with E-state index >= 15 is 0 Å². The number of aromatic nitrogens is 1. The van der Waals surface area contributed by atoms with Crippen molar-refractivity contribution in [1.29, 1.82) is 0 Å². The van der Waals surface area contributed by atoms with Crippen LogP contribution in [0.4, 0.5) is 9.52 Å². The van der Waals surface area contributed by atoms with Crippen molar-refractivity contribution in [3.63, 3.8) is 0 Å². The first-order valence-corrected chi connectivity index (χ1v) is 12.3. The monoisotopic (exact) mass is 479 g/mol. The molecule has 2 aliphatic carbocycles. The Labute approximate surface area is 190 Å². The van der Waals surface area contributed by atoms with Crippen LogP contribution in [0.2, 0.25) is 0 Å². The van der Waals surface area contributed by atoms with Crippen molar-refractivity contribution in [2.45, 2.75) is 61.4 Å². The number of hydrogen-bond donors (Lipinski definition) is 2. The van der Waals surface area contributed by atoms with E-state index in [1.54, 1.807) is 24.3 Å². The molecule has 1 aromatic heterocycles. The van der Waals surface area contributed by atoms with E-state index in [1.165, 1.54) is 0 Å². The van der Waals surface area contributed by atoms with E-state index in [9.17, 15) is 23.3 Å². The zero-order chi connectivity index (χ0) is 22.7. The highest BCUT2D eigenvalue weighted by molar-refractivity contribution is 7.86. The van der Waals surface area contributed by atoms with Gasteiger partial charge in [0.1, 0.15) is 17.7 Å². The number of thiazole rings is 1. The maximum Gasteiger partial charge on any atom is 0.347 e. The summed E-state index contributed by atoms with van der Waals surface area (Å²) in [5.41, 5.74) is 0.192. The Bertz CT molecular complexity index is 1060. The molecule has 170 valence electrons. The number of carboxylic acid groups (broad SMARTS) is 1. The van der Waals surface area contributed by atoms with Crippen LogP contribution < -0.4 is 5.32 Å². The second-order valence-electron chi connectivity index (χ2n) is 7.66. The number of amides is 1. The normalized spacial score (nSPS) is 17.8. The minimum atomic E-state index is -1.31. The molecule has 0 spiro atoms. The number of carboxylic acids is 1. The van der Waals surface area contributed by atoms with E-state index in [-0.39, 0.29) is 32.8 Å². The third-order valence-electron chi connectivity index (χ3n) is 5.24. The van der Waals surface area contributed by atoms with Crippen LogP contribution in [-0.2, 0) is 27.1 Å². The molecule has 11 heteroatoms. The minimum absolute atomic E-state index is 0.0190. The van der Waals surface area contributed by atoms with Crippen molar-refractivity contribution in [2.75, 3.05) is 5.32 Å². The van der Waals surface area contributed by atoms with E-state index in [1.807, 2.05) is 0 Å². The second kappa shape index (κ2) is 9.86. The molecule has 0 aliphatic heterocycles. The van der Waals surface area contributed by atoms with Crippen molar-refractivity contribution in [3.8, 4) is 0 Å². The maximum absolute atomic E-state index is 13.1. The molecule has 4 rings (SSSR count). The quantitative estimate of drug-likeness (QED) is 0.416. The Hall–Kier alpha value is -2.66. The molecule has 0 saturated heterocycles.